The Labute approximate surface area is 160 Å². The fourth-order valence-corrected chi connectivity index (χ4v) is 4.10. The number of aromatic nitrogens is 1. The van der Waals surface area contributed by atoms with Crippen LogP contribution < -0.4 is 10.2 Å². The van der Waals surface area contributed by atoms with E-state index in [1.54, 1.807) is 11.3 Å². The van der Waals surface area contributed by atoms with Crippen molar-refractivity contribution in [1.82, 2.24) is 4.98 Å². The maximum Gasteiger partial charge on any atom is 0.229 e. The Morgan fingerprint density at radius 3 is 2.42 bits per heavy atom. The summed E-state index contributed by atoms with van der Waals surface area (Å²) < 4.78 is 0. The quantitative estimate of drug-likeness (QED) is 0.765. The van der Waals surface area contributed by atoms with Gasteiger partial charge in [0.2, 0.25) is 5.91 Å². The van der Waals surface area contributed by atoms with Gasteiger partial charge in [-0.15, -0.1) is 11.3 Å². The molecule has 1 N–H and O–H groups in total. The van der Waals surface area contributed by atoms with Gasteiger partial charge in [-0.3, -0.25) is 4.79 Å². The Morgan fingerprint density at radius 1 is 1.15 bits per heavy atom. The Morgan fingerprint density at radius 2 is 1.81 bits per heavy atom. The second kappa shape index (κ2) is 7.78. The number of hydrogen-bond acceptors (Lipinski definition) is 4. The topological polar surface area (TPSA) is 45.2 Å². The molecule has 26 heavy (non-hydrogen) atoms. The van der Waals surface area contributed by atoms with Crippen LogP contribution in [0.4, 0.5) is 10.8 Å². The number of rotatable bonds is 4. The molecule has 5 heteroatoms. The molecule has 1 saturated carbocycles. The van der Waals surface area contributed by atoms with Crippen LogP contribution in [0.1, 0.15) is 52.9 Å². The van der Waals surface area contributed by atoms with Gasteiger partial charge in [0, 0.05) is 35.1 Å². The Hall–Kier alpha value is -1.88. The van der Waals surface area contributed by atoms with Crippen molar-refractivity contribution >= 4 is 28.1 Å². The number of nitrogens with one attached hydrogen (secondary N) is 1. The van der Waals surface area contributed by atoms with Gasteiger partial charge < -0.3 is 10.2 Å². The Kier molecular flexibility index (Phi) is 5.66. The first-order valence-electron chi connectivity index (χ1n) is 9.45. The van der Waals surface area contributed by atoms with E-state index in [0.717, 1.165) is 22.1 Å². The second-order valence-electron chi connectivity index (χ2n) is 8.20. The predicted octanol–water partition coefficient (Wildman–Crippen LogP) is 5.56. The van der Waals surface area contributed by atoms with E-state index in [-0.39, 0.29) is 5.91 Å². The molecule has 0 saturated heterocycles. The highest BCUT2D eigenvalue weighted by atomic mass is 32.1. The number of hydrogen-bond donors (Lipinski definition) is 1. The summed E-state index contributed by atoms with van der Waals surface area (Å²) in [6, 6.07) is 8.57. The van der Waals surface area contributed by atoms with Gasteiger partial charge in [0.25, 0.3) is 0 Å². The van der Waals surface area contributed by atoms with E-state index in [1.165, 1.54) is 32.1 Å². The second-order valence-corrected chi connectivity index (χ2v) is 9.04. The lowest BCUT2D eigenvalue weighted by Crippen LogP contribution is -2.33. The molecule has 1 aromatic heterocycles. The molecular weight excluding hydrogens is 342 g/mol. The summed E-state index contributed by atoms with van der Waals surface area (Å²) in [5.74, 6) is 0.0234. The lowest BCUT2D eigenvalue weighted by molar-refractivity contribution is -0.123. The number of thiazole rings is 1. The number of carbonyl (C=O) groups is 1. The molecule has 0 bridgehead atoms. The van der Waals surface area contributed by atoms with Crippen molar-refractivity contribution in [3.8, 4) is 11.3 Å². The minimum absolute atomic E-state index is 0.0234. The van der Waals surface area contributed by atoms with Gasteiger partial charge in [-0.2, -0.15) is 0 Å². The number of benzene rings is 1. The minimum Gasteiger partial charge on any atom is -0.348 e. The molecular formula is C21H29N3OS. The zero-order chi connectivity index (χ0) is 18.7. The lowest BCUT2D eigenvalue weighted by Gasteiger charge is -2.30. The summed E-state index contributed by atoms with van der Waals surface area (Å²) >= 11 is 1.71. The van der Waals surface area contributed by atoms with Crippen LogP contribution in [-0.2, 0) is 4.79 Å². The predicted molar refractivity (Wildman–Crippen MR) is 111 cm³/mol. The van der Waals surface area contributed by atoms with Gasteiger partial charge in [0.1, 0.15) is 0 Å². The van der Waals surface area contributed by atoms with Crippen LogP contribution in [0.3, 0.4) is 0 Å². The van der Waals surface area contributed by atoms with Crippen LogP contribution in [0.5, 0.6) is 0 Å². The molecule has 0 radical (unpaired) electrons. The van der Waals surface area contributed by atoms with Gasteiger partial charge in [-0.1, -0.05) is 52.2 Å². The zero-order valence-electron chi connectivity index (χ0n) is 16.2. The first-order valence-corrected chi connectivity index (χ1v) is 10.3. The largest absolute Gasteiger partial charge is 0.348 e. The molecule has 1 aliphatic carbocycles. The van der Waals surface area contributed by atoms with E-state index < -0.39 is 5.41 Å². The first kappa shape index (κ1) is 18.9. The summed E-state index contributed by atoms with van der Waals surface area (Å²) in [5, 5.41) is 6.18. The SMILES string of the molecule is CN(c1nc(-c2ccc(NC(=O)C(C)(C)C)cc2)cs1)C1CCCCC1. The molecule has 1 aromatic carbocycles. The van der Waals surface area contributed by atoms with Crippen molar-refractivity contribution in [3.05, 3.63) is 29.6 Å². The number of nitrogens with zero attached hydrogens (tertiary/aromatic N) is 2. The maximum atomic E-state index is 12.1. The highest BCUT2D eigenvalue weighted by Gasteiger charge is 2.22. The molecule has 0 aliphatic heterocycles. The molecule has 1 aliphatic rings. The van der Waals surface area contributed by atoms with E-state index in [9.17, 15) is 4.79 Å². The lowest BCUT2D eigenvalue weighted by atomic mass is 9.95. The Balaban J connectivity index is 1.68. The number of carbonyl (C=O) groups excluding carboxylic acids is 1. The average Bonchev–Trinajstić information content (AvgIpc) is 3.12. The summed E-state index contributed by atoms with van der Waals surface area (Å²) in [7, 11) is 2.17. The molecule has 4 nitrogen and oxygen atoms in total. The van der Waals surface area contributed by atoms with Crippen molar-refractivity contribution < 1.29 is 4.79 Å². The van der Waals surface area contributed by atoms with E-state index in [4.69, 9.17) is 4.98 Å². The fraction of sp³-hybridized carbons (Fsp3) is 0.524. The van der Waals surface area contributed by atoms with E-state index in [1.807, 2.05) is 45.0 Å². The fourth-order valence-electron chi connectivity index (χ4n) is 3.23. The number of amides is 1. The molecule has 1 heterocycles. The Bertz CT molecular complexity index is 739. The van der Waals surface area contributed by atoms with Gasteiger partial charge in [-0.05, 0) is 25.0 Å². The monoisotopic (exact) mass is 371 g/mol. The van der Waals surface area contributed by atoms with Gasteiger partial charge in [0.15, 0.2) is 5.13 Å². The average molecular weight is 372 g/mol. The van der Waals surface area contributed by atoms with Crippen molar-refractivity contribution in [3.63, 3.8) is 0 Å². The van der Waals surface area contributed by atoms with Gasteiger partial charge in [-0.25, -0.2) is 4.98 Å². The van der Waals surface area contributed by atoms with Crippen molar-refractivity contribution in [2.24, 2.45) is 5.41 Å². The molecule has 1 fully saturated rings. The van der Waals surface area contributed by atoms with Crippen LogP contribution in [0.2, 0.25) is 0 Å². The van der Waals surface area contributed by atoms with Crippen LogP contribution in [0.25, 0.3) is 11.3 Å². The molecule has 0 atom stereocenters. The highest BCUT2D eigenvalue weighted by molar-refractivity contribution is 7.14. The maximum absolute atomic E-state index is 12.1. The highest BCUT2D eigenvalue weighted by Crippen LogP contribution is 2.32. The summed E-state index contributed by atoms with van der Waals surface area (Å²) in [5.41, 5.74) is 2.51. The normalized spacial score (nSPS) is 15.7. The molecule has 140 valence electrons. The van der Waals surface area contributed by atoms with E-state index in [2.05, 4.69) is 22.6 Å². The van der Waals surface area contributed by atoms with E-state index in [0.29, 0.717) is 6.04 Å². The van der Waals surface area contributed by atoms with Crippen molar-refractivity contribution in [2.75, 3.05) is 17.3 Å². The zero-order valence-corrected chi connectivity index (χ0v) is 17.0. The smallest absolute Gasteiger partial charge is 0.229 e. The van der Waals surface area contributed by atoms with Gasteiger partial charge in [0.05, 0.1) is 5.69 Å². The standard InChI is InChI=1S/C21H29N3OS/c1-21(2,3)19(25)22-16-12-10-15(11-13-16)18-14-26-20(23-18)24(4)17-8-6-5-7-9-17/h10-14,17H,5-9H2,1-4H3,(H,22,25). The summed E-state index contributed by atoms with van der Waals surface area (Å²) in [6.07, 6.45) is 6.57. The third kappa shape index (κ3) is 4.44. The summed E-state index contributed by atoms with van der Waals surface area (Å²) in [4.78, 5) is 19.3. The third-order valence-electron chi connectivity index (χ3n) is 5.04. The van der Waals surface area contributed by atoms with Crippen LogP contribution >= 0.6 is 11.3 Å². The molecule has 1 amide bonds. The minimum atomic E-state index is -0.397. The molecule has 0 unspecified atom stereocenters. The van der Waals surface area contributed by atoms with Crippen LogP contribution in [0.15, 0.2) is 29.6 Å². The van der Waals surface area contributed by atoms with Crippen LogP contribution in [-0.4, -0.2) is 24.0 Å². The van der Waals surface area contributed by atoms with Crippen molar-refractivity contribution in [2.45, 2.75) is 58.9 Å². The molecule has 3 rings (SSSR count). The van der Waals surface area contributed by atoms with E-state index >= 15 is 0 Å². The van der Waals surface area contributed by atoms with Gasteiger partial charge >= 0.3 is 0 Å². The first-order chi connectivity index (χ1) is 12.3. The molecule has 2 aromatic rings. The number of anilines is 2. The third-order valence-corrected chi connectivity index (χ3v) is 5.97. The van der Waals surface area contributed by atoms with Crippen molar-refractivity contribution in [1.29, 1.82) is 0 Å². The molecule has 0 spiro atoms. The summed E-state index contributed by atoms with van der Waals surface area (Å²) in [6.45, 7) is 5.74. The van der Waals surface area contributed by atoms with Crippen LogP contribution in [0, 0.1) is 5.41 Å².